The Hall–Kier alpha value is -1.39. The van der Waals surface area contributed by atoms with Crippen LogP contribution in [0, 0.1) is 11.8 Å². The second-order valence-electron chi connectivity index (χ2n) is 7.36. The molecule has 2 aliphatic rings. The highest BCUT2D eigenvalue weighted by Gasteiger charge is 2.31. The number of rotatable bonds is 3. The molecule has 0 bridgehead atoms. The summed E-state index contributed by atoms with van der Waals surface area (Å²) in [6.45, 7) is 7.52. The van der Waals surface area contributed by atoms with Crippen molar-refractivity contribution in [3.05, 3.63) is 35.4 Å². The zero-order valence-corrected chi connectivity index (χ0v) is 14.2. The summed E-state index contributed by atoms with van der Waals surface area (Å²) in [7, 11) is 0. The molecule has 1 aromatic rings. The quantitative estimate of drug-likeness (QED) is 0.928. The van der Waals surface area contributed by atoms with Crippen molar-refractivity contribution in [2.45, 2.75) is 32.7 Å². The molecule has 4 heteroatoms. The van der Waals surface area contributed by atoms with Gasteiger partial charge in [-0.05, 0) is 35.8 Å². The Morgan fingerprint density at radius 1 is 1.22 bits per heavy atom. The van der Waals surface area contributed by atoms with E-state index in [2.05, 4.69) is 30.9 Å². The first-order chi connectivity index (χ1) is 11.1. The molecule has 0 aliphatic carbocycles. The van der Waals surface area contributed by atoms with Gasteiger partial charge in [-0.25, -0.2) is 0 Å². The lowest BCUT2D eigenvalue weighted by atomic mass is 9.91. The van der Waals surface area contributed by atoms with E-state index in [1.165, 1.54) is 17.5 Å². The Morgan fingerprint density at radius 2 is 1.91 bits per heavy atom. The van der Waals surface area contributed by atoms with E-state index in [9.17, 15) is 9.90 Å². The van der Waals surface area contributed by atoms with E-state index < -0.39 is 0 Å². The van der Waals surface area contributed by atoms with Crippen molar-refractivity contribution < 1.29 is 9.90 Å². The molecule has 4 nitrogen and oxygen atoms in total. The predicted molar refractivity (Wildman–Crippen MR) is 91.1 cm³/mol. The normalized spacial score (nSPS) is 28.5. The maximum absolute atomic E-state index is 12.7. The van der Waals surface area contributed by atoms with Gasteiger partial charge in [0, 0.05) is 19.6 Å². The third kappa shape index (κ3) is 3.59. The molecule has 0 radical (unpaired) electrons. The predicted octanol–water partition coefficient (Wildman–Crippen LogP) is 2.08. The maximum atomic E-state index is 12.7. The van der Waals surface area contributed by atoms with Gasteiger partial charge in [0.2, 0.25) is 5.91 Å². The van der Waals surface area contributed by atoms with E-state index in [0.29, 0.717) is 18.4 Å². The molecule has 0 spiro atoms. The number of carbonyl (C=O) groups is 1. The largest absolute Gasteiger partial charge is 0.394 e. The molecule has 2 aliphatic heterocycles. The molecule has 3 unspecified atom stereocenters. The lowest BCUT2D eigenvalue weighted by molar-refractivity contribution is -0.136. The van der Waals surface area contributed by atoms with E-state index in [1.807, 2.05) is 17.0 Å². The van der Waals surface area contributed by atoms with Crippen molar-refractivity contribution in [3.8, 4) is 0 Å². The van der Waals surface area contributed by atoms with Crippen LogP contribution in [0.5, 0.6) is 0 Å². The van der Waals surface area contributed by atoms with E-state index in [-0.39, 0.29) is 18.6 Å². The van der Waals surface area contributed by atoms with E-state index in [0.717, 1.165) is 26.1 Å². The van der Waals surface area contributed by atoms with Crippen LogP contribution in [0.15, 0.2) is 24.3 Å². The topological polar surface area (TPSA) is 43.8 Å². The molecule has 1 aromatic carbocycles. The van der Waals surface area contributed by atoms with E-state index in [1.54, 1.807) is 0 Å². The number of nitrogens with zero attached hydrogens (tertiary/aromatic N) is 2. The average Bonchev–Trinajstić information content (AvgIpc) is 2.53. The van der Waals surface area contributed by atoms with Gasteiger partial charge in [-0.1, -0.05) is 38.1 Å². The van der Waals surface area contributed by atoms with Crippen LogP contribution in [0.1, 0.15) is 37.4 Å². The first kappa shape index (κ1) is 16.5. The van der Waals surface area contributed by atoms with Gasteiger partial charge in [0.25, 0.3) is 0 Å². The van der Waals surface area contributed by atoms with Crippen LogP contribution in [-0.2, 0) is 11.2 Å². The summed E-state index contributed by atoms with van der Waals surface area (Å²) in [4.78, 5) is 16.9. The summed E-state index contributed by atoms with van der Waals surface area (Å²) in [6.07, 6.45) is 2.16. The van der Waals surface area contributed by atoms with Crippen LogP contribution in [0.25, 0.3) is 0 Å². The van der Waals surface area contributed by atoms with Gasteiger partial charge in [-0.2, -0.15) is 0 Å². The Balaban J connectivity index is 1.69. The van der Waals surface area contributed by atoms with E-state index >= 15 is 0 Å². The third-order valence-electron chi connectivity index (χ3n) is 5.26. The number of fused-ring (bicyclic) bond motifs is 1. The molecule has 0 saturated carbocycles. The molecule has 1 saturated heterocycles. The second kappa shape index (κ2) is 7.02. The standard InChI is InChI=1S/C19H28N2O2/c1-14-9-15(2)11-21(10-14)19(23)12-20-8-7-16-5-3-4-6-17(16)18(20)13-22/h3-6,14-15,18,22H,7-13H2,1-2H3. The zero-order chi connectivity index (χ0) is 16.4. The van der Waals surface area contributed by atoms with Crippen molar-refractivity contribution in [1.82, 2.24) is 9.80 Å². The molecule has 2 heterocycles. The summed E-state index contributed by atoms with van der Waals surface area (Å²) >= 11 is 0. The lowest BCUT2D eigenvalue weighted by Gasteiger charge is -2.39. The number of benzene rings is 1. The van der Waals surface area contributed by atoms with Crippen molar-refractivity contribution in [2.24, 2.45) is 11.8 Å². The van der Waals surface area contributed by atoms with Crippen molar-refractivity contribution in [2.75, 3.05) is 32.8 Å². The minimum atomic E-state index is -0.0523. The van der Waals surface area contributed by atoms with Crippen LogP contribution in [0.2, 0.25) is 0 Å². The minimum Gasteiger partial charge on any atom is -0.394 e. The number of carbonyl (C=O) groups excluding carboxylic acids is 1. The Labute approximate surface area is 139 Å². The summed E-state index contributed by atoms with van der Waals surface area (Å²) in [5, 5.41) is 9.85. The van der Waals surface area contributed by atoms with Crippen molar-refractivity contribution in [1.29, 1.82) is 0 Å². The Kier molecular flexibility index (Phi) is 5.02. The van der Waals surface area contributed by atoms with Crippen LogP contribution in [-0.4, -0.2) is 53.6 Å². The fourth-order valence-corrected chi connectivity index (χ4v) is 4.25. The van der Waals surface area contributed by atoms with Gasteiger partial charge in [0.15, 0.2) is 0 Å². The van der Waals surface area contributed by atoms with Crippen LogP contribution in [0.4, 0.5) is 0 Å². The number of piperidine rings is 1. The first-order valence-corrected chi connectivity index (χ1v) is 8.79. The van der Waals surface area contributed by atoms with Crippen LogP contribution >= 0.6 is 0 Å². The molecule has 0 aromatic heterocycles. The van der Waals surface area contributed by atoms with Gasteiger partial charge in [-0.15, -0.1) is 0 Å². The van der Waals surface area contributed by atoms with Crippen molar-refractivity contribution in [3.63, 3.8) is 0 Å². The highest BCUT2D eigenvalue weighted by atomic mass is 16.3. The number of aliphatic hydroxyl groups is 1. The Morgan fingerprint density at radius 3 is 2.61 bits per heavy atom. The monoisotopic (exact) mass is 316 g/mol. The number of hydrogen-bond acceptors (Lipinski definition) is 3. The lowest BCUT2D eigenvalue weighted by Crippen LogP contribution is -2.49. The zero-order valence-electron chi connectivity index (χ0n) is 14.2. The summed E-state index contributed by atoms with van der Waals surface area (Å²) in [5.74, 6) is 1.37. The van der Waals surface area contributed by atoms with Gasteiger partial charge in [0.05, 0.1) is 19.2 Å². The molecule has 23 heavy (non-hydrogen) atoms. The fraction of sp³-hybridized carbons (Fsp3) is 0.632. The number of hydrogen-bond donors (Lipinski definition) is 1. The average molecular weight is 316 g/mol. The number of amides is 1. The molecule has 3 atom stereocenters. The Bertz CT molecular complexity index is 550. The summed E-state index contributed by atoms with van der Waals surface area (Å²) in [5.41, 5.74) is 2.48. The maximum Gasteiger partial charge on any atom is 0.236 e. The molecule has 3 rings (SSSR count). The van der Waals surface area contributed by atoms with Gasteiger partial charge in [-0.3, -0.25) is 9.69 Å². The number of likely N-dealkylation sites (tertiary alicyclic amines) is 1. The van der Waals surface area contributed by atoms with Crippen LogP contribution in [0.3, 0.4) is 0 Å². The minimum absolute atomic E-state index is 0.0523. The smallest absolute Gasteiger partial charge is 0.236 e. The SMILES string of the molecule is CC1CC(C)CN(C(=O)CN2CCc3ccccc3C2CO)C1. The first-order valence-electron chi connectivity index (χ1n) is 8.79. The molecule has 1 fully saturated rings. The van der Waals surface area contributed by atoms with Gasteiger partial charge < -0.3 is 10.0 Å². The highest BCUT2D eigenvalue weighted by Crippen LogP contribution is 2.29. The van der Waals surface area contributed by atoms with Crippen molar-refractivity contribution >= 4 is 5.91 Å². The third-order valence-corrected chi connectivity index (χ3v) is 5.26. The molecular weight excluding hydrogens is 288 g/mol. The molecule has 126 valence electrons. The molecule has 1 amide bonds. The van der Waals surface area contributed by atoms with Gasteiger partial charge in [0.1, 0.15) is 0 Å². The highest BCUT2D eigenvalue weighted by molar-refractivity contribution is 5.78. The fourth-order valence-electron chi connectivity index (χ4n) is 4.25. The summed E-state index contributed by atoms with van der Waals surface area (Å²) in [6, 6.07) is 8.22. The second-order valence-corrected chi connectivity index (χ2v) is 7.36. The van der Waals surface area contributed by atoms with E-state index in [4.69, 9.17) is 0 Å². The molecular formula is C19H28N2O2. The van der Waals surface area contributed by atoms with Gasteiger partial charge >= 0.3 is 0 Å². The molecule has 1 N–H and O–H groups in total. The summed E-state index contributed by atoms with van der Waals surface area (Å²) < 4.78 is 0. The van der Waals surface area contributed by atoms with Crippen LogP contribution < -0.4 is 0 Å². The number of aliphatic hydroxyl groups excluding tert-OH is 1.